The van der Waals surface area contributed by atoms with E-state index in [0.29, 0.717) is 23.2 Å². The fraction of sp³-hybridized carbons (Fsp3) is 0.533. The SMILES string of the molecule is CC(=O)C(C)Cc1ccc(OCCCCBr)c(Br)c1O. The van der Waals surface area contributed by atoms with Crippen LogP contribution in [0.15, 0.2) is 16.6 Å². The molecule has 1 aromatic rings. The predicted molar refractivity (Wildman–Crippen MR) is 87.9 cm³/mol. The quantitative estimate of drug-likeness (QED) is 0.510. The lowest BCUT2D eigenvalue weighted by atomic mass is 9.97. The van der Waals surface area contributed by atoms with Crippen molar-refractivity contribution in [2.75, 3.05) is 11.9 Å². The molecule has 0 bridgehead atoms. The van der Waals surface area contributed by atoms with Gasteiger partial charge in [0.15, 0.2) is 0 Å². The predicted octanol–water partition coefficient (Wildman–Crippen LogP) is 4.48. The first kappa shape index (κ1) is 17.5. The molecule has 1 N–H and O–H groups in total. The van der Waals surface area contributed by atoms with Crippen LogP contribution in [-0.4, -0.2) is 22.8 Å². The summed E-state index contributed by atoms with van der Waals surface area (Å²) in [5.74, 6) is 0.821. The number of aromatic hydroxyl groups is 1. The molecule has 5 heteroatoms. The lowest BCUT2D eigenvalue weighted by molar-refractivity contribution is -0.120. The number of hydrogen-bond acceptors (Lipinski definition) is 3. The number of ketones is 1. The molecule has 0 aliphatic carbocycles. The van der Waals surface area contributed by atoms with Gasteiger partial charge in [0.1, 0.15) is 21.8 Å². The molecule has 0 aliphatic heterocycles. The third-order valence-corrected chi connectivity index (χ3v) is 4.50. The van der Waals surface area contributed by atoms with E-state index in [1.165, 1.54) is 0 Å². The van der Waals surface area contributed by atoms with Gasteiger partial charge in [0.2, 0.25) is 0 Å². The highest BCUT2D eigenvalue weighted by molar-refractivity contribution is 9.10. The summed E-state index contributed by atoms with van der Waals surface area (Å²) in [6, 6.07) is 3.65. The second-order valence-corrected chi connectivity index (χ2v) is 6.43. The Balaban J connectivity index is 2.73. The van der Waals surface area contributed by atoms with Crippen LogP contribution in [-0.2, 0) is 11.2 Å². The van der Waals surface area contributed by atoms with Crippen molar-refractivity contribution in [1.29, 1.82) is 0 Å². The van der Waals surface area contributed by atoms with Crippen LogP contribution in [0.3, 0.4) is 0 Å². The summed E-state index contributed by atoms with van der Waals surface area (Å²) in [7, 11) is 0. The van der Waals surface area contributed by atoms with Crippen molar-refractivity contribution in [2.45, 2.75) is 33.1 Å². The summed E-state index contributed by atoms with van der Waals surface area (Å²) in [6.07, 6.45) is 2.54. The van der Waals surface area contributed by atoms with Gasteiger partial charge in [-0.2, -0.15) is 0 Å². The molecule has 0 amide bonds. The summed E-state index contributed by atoms with van der Waals surface area (Å²) >= 11 is 6.73. The molecule has 0 fully saturated rings. The van der Waals surface area contributed by atoms with Gasteiger partial charge in [-0.1, -0.05) is 28.9 Å². The standard InChI is InChI=1S/C15H20Br2O3/c1-10(11(2)18)9-12-5-6-13(14(17)15(12)19)20-8-4-3-7-16/h5-6,10,19H,3-4,7-9H2,1-2H3. The van der Waals surface area contributed by atoms with Crippen LogP contribution in [0, 0.1) is 5.92 Å². The van der Waals surface area contributed by atoms with E-state index in [2.05, 4.69) is 31.9 Å². The van der Waals surface area contributed by atoms with Crippen LogP contribution in [0.25, 0.3) is 0 Å². The number of unbranched alkanes of at least 4 members (excludes halogenated alkanes) is 1. The van der Waals surface area contributed by atoms with Gasteiger partial charge in [0, 0.05) is 11.2 Å². The van der Waals surface area contributed by atoms with Gasteiger partial charge in [-0.05, 0) is 53.7 Å². The third kappa shape index (κ3) is 5.09. The van der Waals surface area contributed by atoms with Crippen molar-refractivity contribution in [3.8, 4) is 11.5 Å². The van der Waals surface area contributed by atoms with Gasteiger partial charge >= 0.3 is 0 Å². The van der Waals surface area contributed by atoms with Crippen molar-refractivity contribution in [3.05, 3.63) is 22.2 Å². The van der Waals surface area contributed by atoms with Crippen LogP contribution in [0.1, 0.15) is 32.3 Å². The number of halogens is 2. The number of rotatable bonds is 8. The van der Waals surface area contributed by atoms with Crippen LogP contribution >= 0.6 is 31.9 Å². The van der Waals surface area contributed by atoms with Crippen LogP contribution in [0.2, 0.25) is 0 Å². The molecule has 20 heavy (non-hydrogen) atoms. The fourth-order valence-corrected chi connectivity index (χ4v) is 2.61. The van der Waals surface area contributed by atoms with E-state index in [9.17, 15) is 9.90 Å². The molecule has 1 unspecified atom stereocenters. The highest BCUT2D eigenvalue weighted by atomic mass is 79.9. The Morgan fingerprint density at radius 1 is 1.40 bits per heavy atom. The van der Waals surface area contributed by atoms with Gasteiger partial charge in [0.25, 0.3) is 0 Å². The summed E-state index contributed by atoms with van der Waals surface area (Å²) in [4.78, 5) is 11.3. The molecule has 0 saturated carbocycles. The van der Waals surface area contributed by atoms with Gasteiger partial charge in [-0.15, -0.1) is 0 Å². The minimum Gasteiger partial charge on any atom is -0.506 e. The maximum absolute atomic E-state index is 11.3. The van der Waals surface area contributed by atoms with E-state index in [1.54, 1.807) is 6.92 Å². The summed E-state index contributed by atoms with van der Waals surface area (Å²) in [5, 5.41) is 11.1. The van der Waals surface area contributed by atoms with Crippen LogP contribution in [0.4, 0.5) is 0 Å². The molecule has 0 aromatic heterocycles. The van der Waals surface area contributed by atoms with Gasteiger partial charge in [0.05, 0.1) is 6.61 Å². The van der Waals surface area contributed by atoms with E-state index in [0.717, 1.165) is 23.7 Å². The van der Waals surface area contributed by atoms with Gasteiger partial charge in [-0.25, -0.2) is 0 Å². The highest BCUT2D eigenvalue weighted by Crippen LogP contribution is 2.37. The Labute approximate surface area is 137 Å². The minimum atomic E-state index is -0.0986. The first-order valence-corrected chi connectivity index (χ1v) is 8.58. The largest absolute Gasteiger partial charge is 0.506 e. The Kier molecular flexibility index (Phi) is 7.59. The second-order valence-electron chi connectivity index (χ2n) is 4.85. The Morgan fingerprint density at radius 2 is 2.10 bits per heavy atom. The molecular weight excluding hydrogens is 388 g/mol. The van der Waals surface area contributed by atoms with Crippen molar-refractivity contribution >= 4 is 37.6 Å². The van der Waals surface area contributed by atoms with Crippen molar-refractivity contribution in [2.24, 2.45) is 5.92 Å². The molecule has 1 rings (SSSR count). The zero-order chi connectivity index (χ0) is 15.1. The number of ether oxygens (including phenoxy) is 1. The number of Topliss-reactive ketones (excluding diaryl/α,β-unsaturated/α-hetero) is 1. The van der Waals surface area contributed by atoms with E-state index in [1.807, 2.05) is 19.1 Å². The van der Waals surface area contributed by atoms with Gasteiger partial charge < -0.3 is 9.84 Å². The lowest BCUT2D eigenvalue weighted by Crippen LogP contribution is -2.09. The lowest BCUT2D eigenvalue weighted by Gasteiger charge is -2.14. The summed E-state index contributed by atoms with van der Waals surface area (Å²) < 4.78 is 6.19. The summed E-state index contributed by atoms with van der Waals surface area (Å²) in [5.41, 5.74) is 0.757. The number of hydrogen-bond donors (Lipinski definition) is 1. The number of carbonyl (C=O) groups is 1. The van der Waals surface area contributed by atoms with Crippen molar-refractivity contribution in [1.82, 2.24) is 0 Å². The third-order valence-electron chi connectivity index (χ3n) is 3.17. The van der Waals surface area contributed by atoms with E-state index in [-0.39, 0.29) is 17.5 Å². The van der Waals surface area contributed by atoms with Crippen LogP contribution < -0.4 is 4.74 Å². The number of carbonyl (C=O) groups excluding carboxylic acids is 1. The smallest absolute Gasteiger partial charge is 0.137 e. The summed E-state index contributed by atoms with van der Waals surface area (Å²) in [6.45, 7) is 4.05. The molecule has 3 nitrogen and oxygen atoms in total. The van der Waals surface area contributed by atoms with Crippen molar-refractivity contribution < 1.29 is 14.6 Å². The number of benzene rings is 1. The maximum atomic E-state index is 11.3. The Bertz CT molecular complexity index is 461. The average Bonchev–Trinajstić information content (AvgIpc) is 2.42. The second kappa shape index (κ2) is 8.67. The Hall–Kier alpha value is -0.550. The maximum Gasteiger partial charge on any atom is 0.137 e. The fourth-order valence-electron chi connectivity index (χ4n) is 1.71. The molecule has 1 aromatic carbocycles. The molecular formula is C15H20Br2O3. The molecule has 0 spiro atoms. The van der Waals surface area contributed by atoms with Crippen LogP contribution in [0.5, 0.6) is 11.5 Å². The first-order chi connectivity index (χ1) is 9.47. The number of alkyl halides is 1. The normalized spacial score (nSPS) is 12.2. The van der Waals surface area contributed by atoms with E-state index >= 15 is 0 Å². The molecule has 0 saturated heterocycles. The van der Waals surface area contributed by atoms with E-state index in [4.69, 9.17) is 4.74 Å². The average molecular weight is 408 g/mol. The number of phenolic OH excluding ortho intramolecular Hbond substituents is 1. The minimum absolute atomic E-state index is 0.0986. The number of phenols is 1. The Morgan fingerprint density at radius 3 is 2.70 bits per heavy atom. The highest BCUT2D eigenvalue weighted by Gasteiger charge is 2.15. The topological polar surface area (TPSA) is 46.5 Å². The molecule has 0 aliphatic rings. The van der Waals surface area contributed by atoms with Crippen molar-refractivity contribution in [3.63, 3.8) is 0 Å². The molecule has 0 radical (unpaired) electrons. The molecule has 1 atom stereocenters. The molecule has 112 valence electrons. The monoisotopic (exact) mass is 406 g/mol. The first-order valence-electron chi connectivity index (χ1n) is 6.67. The zero-order valence-corrected chi connectivity index (χ0v) is 15.0. The van der Waals surface area contributed by atoms with Gasteiger partial charge in [-0.3, -0.25) is 4.79 Å². The zero-order valence-electron chi connectivity index (χ0n) is 11.8. The van der Waals surface area contributed by atoms with E-state index < -0.39 is 0 Å². The molecule has 0 heterocycles.